The van der Waals surface area contributed by atoms with Crippen LogP contribution in [0.4, 0.5) is 0 Å². The number of benzene rings is 1. The molecular weight excluding hydrogens is 232 g/mol. The zero-order valence-electron chi connectivity index (χ0n) is 10.2. The molecule has 94 valence electrons. The number of rotatable bonds is 8. The maximum Gasteiger partial charge on any atom is 0.218 e. The first kappa shape index (κ1) is 14.1. The molecule has 0 spiro atoms. The van der Waals surface area contributed by atoms with Crippen LogP contribution in [0, 0.1) is 0 Å². The van der Waals surface area contributed by atoms with Crippen LogP contribution in [0.15, 0.2) is 29.2 Å². The van der Waals surface area contributed by atoms with Crippen LogP contribution < -0.4 is 11.1 Å². The molecule has 0 fully saturated rings. The highest BCUT2D eigenvalue weighted by Crippen LogP contribution is 2.19. The molecule has 0 radical (unpaired) electrons. The monoisotopic (exact) mass is 252 g/mol. The van der Waals surface area contributed by atoms with Gasteiger partial charge in [-0.25, -0.2) is 0 Å². The van der Waals surface area contributed by atoms with Crippen molar-refractivity contribution in [1.29, 1.82) is 0 Å². The fourth-order valence-corrected chi connectivity index (χ4v) is 2.25. The van der Waals surface area contributed by atoms with E-state index in [1.807, 2.05) is 0 Å². The van der Waals surface area contributed by atoms with E-state index in [4.69, 9.17) is 5.73 Å². The molecule has 0 heterocycles. The summed E-state index contributed by atoms with van der Waals surface area (Å²) in [6.07, 6.45) is 1.59. The van der Waals surface area contributed by atoms with E-state index in [0.717, 1.165) is 25.3 Å². The molecule has 0 aromatic heterocycles. The number of hydrogen-bond acceptors (Lipinski definition) is 3. The second kappa shape index (κ2) is 8.14. The van der Waals surface area contributed by atoms with Gasteiger partial charge in [-0.2, -0.15) is 0 Å². The molecule has 17 heavy (non-hydrogen) atoms. The lowest BCUT2D eigenvalue weighted by Crippen LogP contribution is -2.13. The maximum atomic E-state index is 10.6. The molecule has 1 aromatic carbocycles. The Bertz CT molecular complexity index is 338. The number of thioether (sulfide) groups is 1. The Morgan fingerprint density at radius 3 is 2.65 bits per heavy atom. The van der Waals surface area contributed by atoms with Gasteiger partial charge in [0, 0.05) is 23.6 Å². The van der Waals surface area contributed by atoms with Gasteiger partial charge < -0.3 is 11.1 Å². The van der Waals surface area contributed by atoms with E-state index in [2.05, 4.69) is 36.5 Å². The third-order valence-corrected chi connectivity index (χ3v) is 3.31. The molecule has 3 nitrogen and oxygen atoms in total. The van der Waals surface area contributed by atoms with Crippen LogP contribution in [-0.2, 0) is 11.3 Å². The van der Waals surface area contributed by atoms with Crippen LogP contribution in [0.3, 0.4) is 0 Å². The minimum Gasteiger partial charge on any atom is -0.370 e. The van der Waals surface area contributed by atoms with Crippen molar-refractivity contribution in [2.45, 2.75) is 31.2 Å². The van der Waals surface area contributed by atoms with Crippen molar-refractivity contribution in [3.8, 4) is 0 Å². The van der Waals surface area contributed by atoms with Gasteiger partial charge in [0.25, 0.3) is 0 Å². The first-order valence-corrected chi connectivity index (χ1v) is 6.91. The Labute approximate surface area is 107 Å². The Hall–Kier alpha value is -1.00. The quantitative estimate of drug-likeness (QED) is 0.550. The van der Waals surface area contributed by atoms with Gasteiger partial charge >= 0.3 is 0 Å². The second-order valence-electron chi connectivity index (χ2n) is 3.89. The molecule has 1 rings (SSSR count). The zero-order chi connectivity index (χ0) is 12.5. The van der Waals surface area contributed by atoms with Crippen molar-refractivity contribution in [2.75, 3.05) is 12.3 Å². The number of carbonyl (C=O) groups excluding carboxylic acids is 1. The molecular formula is C13H20N2OS. The summed E-state index contributed by atoms with van der Waals surface area (Å²) in [5.41, 5.74) is 6.38. The van der Waals surface area contributed by atoms with Gasteiger partial charge in [-0.3, -0.25) is 4.79 Å². The average molecular weight is 252 g/mol. The van der Waals surface area contributed by atoms with Gasteiger partial charge in [0.1, 0.15) is 0 Å². The van der Waals surface area contributed by atoms with E-state index in [1.165, 1.54) is 10.5 Å². The molecule has 0 bridgehead atoms. The van der Waals surface area contributed by atoms with Crippen LogP contribution in [0.2, 0.25) is 0 Å². The van der Waals surface area contributed by atoms with Gasteiger partial charge in [0.05, 0.1) is 0 Å². The van der Waals surface area contributed by atoms with E-state index in [-0.39, 0.29) is 5.91 Å². The molecule has 4 heteroatoms. The first-order valence-electron chi connectivity index (χ1n) is 5.93. The van der Waals surface area contributed by atoms with Crippen molar-refractivity contribution < 1.29 is 4.79 Å². The normalized spacial score (nSPS) is 10.4. The molecule has 0 aliphatic carbocycles. The van der Waals surface area contributed by atoms with Crippen molar-refractivity contribution in [3.05, 3.63) is 29.8 Å². The van der Waals surface area contributed by atoms with Crippen LogP contribution in [0.5, 0.6) is 0 Å². The molecule has 3 N–H and O–H groups in total. The predicted molar refractivity (Wildman–Crippen MR) is 73.0 cm³/mol. The van der Waals surface area contributed by atoms with Crippen molar-refractivity contribution >= 4 is 17.7 Å². The number of nitrogens with two attached hydrogens (primary N) is 1. The van der Waals surface area contributed by atoms with Crippen LogP contribution in [-0.4, -0.2) is 18.2 Å². The Morgan fingerprint density at radius 2 is 2.06 bits per heavy atom. The van der Waals surface area contributed by atoms with E-state index >= 15 is 0 Å². The van der Waals surface area contributed by atoms with Crippen LogP contribution >= 0.6 is 11.8 Å². The highest BCUT2D eigenvalue weighted by molar-refractivity contribution is 7.99. The molecule has 1 amide bonds. The summed E-state index contributed by atoms with van der Waals surface area (Å²) < 4.78 is 0. The topological polar surface area (TPSA) is 55.1 Å². The Kier molecular flexibility index (Phi) is 6.74. The lowest BCUT2D eigenvalue weighted by molar-refractivity contribution is -0.117. The highest BCUT2D eigenvalue weighted by Gasteiger charge is 1.98. The summed E-state index contributed by atoms with van der Waals surface area (Å²) in [5, 5.41) is 3.36. The smallest absolute Gasteiger partial charge is 0.218 e. The van der Waals surface area contributed by atoms with Crippen molar-refractivity contribution in [1.82, 2.24) is 5.32 Å². The fourth-order valence-electron chi connectivity index (χ4n) is 1.38. The molecule has 0 saturated heterocycles. The lowest BCUT2D eigenvalue weighted by atomic mass is 10.2. The van der Waals surface area contributed by atoms with E-state index in [1.54, 1.807) is 11.8 Å². The summed E-state index contributed by atoms with van der Waals surface area (Å²) in [7, 11) is 0. The zero-order valence-corrected chi connectivity index (χ0v) is 11.1. The average Bonchev–Trinajstić information content (AvgIpc) is 2.31. The number of hydrogen-bond donors (Lipinski definition) is 2. The van der Waals surface area contributed by atoms with Gasteiger partial charge in [0.15, 0.2) is 0 Å². The summed E-state index contributed by atoms with van der Waals surface area (Å²) in [6.45, 7) is 4.13. The van der Waals surface area contributed by atoms with E-state index in [0.29, 0.717) is 6.42 Å². The summed E-state index contributed by atoms with van der Waals surface area (Å²) in [4.78, 5) is 11.8. The Balaban J connectivity index is 2.31. The van der Waals surface area contributed by atoms with E-state index < -0.39 is 0 Å². The fraction of sp³-hybridized carbons (Fsp3) is 0.462. The van der Waals surface area contributed by atoms with E-state index in [9.17, 15) is 4.79 Å². The van der Waals surface area contributed by atoms with Gasteiger partial charge in [-0.05, 0) is 30.7 Å². The maximum absolute atomic E-state index is 10.6. The van der Waals surface area contributed by atoms with Gasteiger partial charge in [0.2, 0.25) is 5.91 Å². The molecule has 0 aliphatic rings. The predicted octanol–water partition coefficient (Wildman–Crippen LogP) is 2.15. The molecule has 0 aliphatic heterocycles. The standard InChI is InChI=1S/C13H20N2OS/c1-2-8-15-10-11-3-5-12(6-4-11)17-9-7-13(14)16/h3-6,15H,2,7-10H2,1H3,(H2,14,16). The number of nitrogens with one attached hydrogen (secondary N) is 1. The van der Waals surface area contributed by atoms with Gasteiger partial charge in [-0.1, -0.05) is 19.1 Å². The number of carbonyl (C=O) groups is 1. The van der Waals surface area contributed by atoms with Crippen LogP contribution in [0.1, 0.15) is 25.3 Å². The first-order chi connectivity index (χ1) is 8.22. The Morgan fingerprint density at radius 1 is 1.35 bits per heavy atom. The molecule has 0 atom stereocenters. The summed E-state index contributed by atoms with van der Waals surface area (Å²) in [5.74, 6) is 0.515. The molecule has 0 unspecified atom stereocenters. The minimum atomic E-state index is -0.238. The second-order valence-corrected chi connectivity index (χ2v) is 5.05. The molecule has 1 aromatic rings. The number of amides is 1. The summed E-state index contributed by atoms with van der Waals surface area (Å²) >= 11 is 1.66. The molecule has 0 saturated carbocycles. The largest absolute Gasteiger partial charge is 0.370 e. The lowest BCUT2D eigenvalue weighted by Gasteiger charge is -2.05. The minimum absolute atomic E-state index is 0.238. The van der Waals surface area contributed by atoms with Gasteiger partial charge in [-0.15, -0.1) is 11.8 Å². The van der Waals surface area contributed by atoms with Crippen molar-refractivity contribution in [3.63, 3.8) is 0 Å². The van der Waals surface area contributed by atoms with Crippen molar-refractivity contribution in [2.24, 2.45) is 5.73 Å². The number of primary amides is 1. The third kappa shape index (κ3) is 6.34. The SMILES string of the molecule is CCCNCc1ccc(SCCC(N)=O)cc1. The van der Waals surface area contributed by atoms with Crippen LogP contribution in [0.25, 0.3) is 0 Å². The summed E-state index contributed by atoms with van der Waals surface area (Å²) in [6, 6.07) is 8.42. The highest BCUT2D eigenvalue weighted by atomic mass is 32.2. The third-order valence-electron chi connectivity index (χ3n) is 2.30.